The van der Waals surface area contributed by atoms with Gasteiger partial charge in [-0.25, -0.2) is 8.93 Å². The molecule has 0 spiro atoms. The third-order valence-corrected chi connectivity index (χ3v) is 3.31. The third-order valence-electron chi connectivity index (χ3n) is 1.59. The SMILES string of the molecule is CCC[C@@H](C)N[S@](=O)C(C)(C)C. The molecule has 0 heterocycles. The molecule has 0 unspecified atom stereocenters. The summed E-state index contributed by atoms with van der Waals surface area (Å²) < 4.78 is 14.5. The van der Waals surface area contributed by atoms with E-state index in [0.717, 1.165) is 12.8 Å². The Morgan fingerprint density at radius 1 is 1.42 bits per heavy atom. The predicted molar refractivity (Wildman–Crippen MR) is 55.4 cm³/mol. The van der Waals surface area contributed by atoms with Gasteiger partial charge < -0.3 is 0 Å². The summed E-state index contributed by atoms with van der Waals surface area (Å²) in [7, 11) is -0.919. The van der Waals surface area contributed by atoms with Crippen molar-refractivity contribution in [1.29, 1.82) is 0 Å². The fourth-order valence-electron chi connectivity index (χ4n) is 0.851. The number of hydrogen-bond acceptors (Lipinski definition) is 1. The fraction of sp³-hybridized carbons (Fsp3) is 1.00. The van der Waals surface area contributed by atoms with Crippen molar-refractivity contribution in [3.05, 3.63) is 0 Å². The van der Waals surface area contributed by atoms with Gasteiger partial charge >= 0.3 is 0 Å². The molecule has 2 atom stereocenters. The normalized spacial score (nSPS) is 17.4. The van der Waals surface area contributed by atoms with Crippen LogP contribution in [0.3, 0.4) is 0 Å². The van der Waals surface area contributed by atoms with Gasteiger partial charge in [0.1, 0.15) is 0 Å². The lowest BCUT2D eigenvalue weighted by Crippen LogP contribution is -2.38. The summed E-state index contributed by atoms with van der Waals surface area (Å²) in [5.74, 6) is 0. The van der Waals surface area contributed by atoms with Crippen molar-refractivity contribution in [1.82, 2.24) is 4.72 Å². The van der Waals surface area contributed by atoms with E-state index in [-0.39, 0.29) is 4.75 Å². The van der Waals surface area contributed by atoms with Gasteiger partial charge in [0.15, 0.2) is 0 Å². The second-order valence-corrected chi connectivity index (χ2v) is 6.19. The molecule has 2 nitrogen and oxygen atoms in total. The summed E-state index contributed by atoms with van der Waals surface area (Å²) >= 11 is 0. The van der Waals surface area contributed by atoms with Gasteiger partial charge in [-0.2, -0.15) is 0 Å². The molecule has 74 valence electrons. The molecule has 0 aliphatic carbocycles. The summed E-state index contributed by atoms with van der Waals surface area (Å²) in [5.41, 5.74) is 0. The maximum absolute atomic E-state index is 11.5. The molecule has 0 aromatic carbocycles. The van der Waals surface area contributed by atoms with E-state index >= 15 is 0 Å². The van der Waals surface area contributed by atoms with Crippen LogP contribution in [0.5, 0.6) is 0 Å². The molecule has 0 bridgehead atoms. The molecule has 0 amide bonds. The van der Waals surface area contributed by atoms with E-state index in [4.69, 9.17) is 0 Å². The van der Waals surface area contributed by atoms with Crippen LogP contribution in [0.2, 0.25) is 0 Å². The Labute approximate surface area is 78.7 Å². The molecule has 0 aromatic heterocycles. The Balaban J connectivity index is 3.85. The van der Waals surface area contributed by atoms with Crippen molar-refractivity contribution in [2.75, 3.05) is 0 Å². The molecule has 0 aliphatic heterocycles. The van der Waals surface area contributed by atoms with Gasteiger partial charge in [0, 0.05) is 6.04 Å². The smallest absolute Gasteiger partial charge is 0.0972 e. The maximum Gasteiger partial charge on any atom is 0.0972 e. The summed E-state index contributed by atoms with van der Waals surface area (Å²) in [6.45, 7) is 10.2. The van der Waals surface area contributed by atoms with Crippen molar-refractivity contribution in [2.24, 2.45) is 0 Å². The lowest BCUT2D eigenvalue weighted by atomic mass is 10.2. The summed E-state index contributed by atoms with van der Waals surface area (Å²) in [4.78, 5) is 0. The first kappa shape index (κ1) is 12.1. The highest BCUT2D eigenvalue weighted by Crippen LogP contribution is 2.10. The van der Waals surface area contributed by atoms with Gasteiger partial charge in [0.25, 0.3) is 0 Å². The van der Waals surface area contributed by atoms with Gasteiger partial charge in [0.2, 0.25) is 0 Å². The molecule has 0 saturated carbocycles. The van der Waals surface area contributed by atoms with Gasteiger partial charge in [0.05, 0.1) is 15.7 Å². The average molecular weight is 191 g/mol. The van der Waals surface area contributed by atoms with E-state index in [1.54, 1.807) is 0 Å². The Morgan fingerprint density at radius 3 is 2.25 bits per heavy atom. The molecule has 0 radical (unpaired) electrons. The van der Waals surface area contributed by atoms with Crippen LogP contribution < -0.4 is 4.72 Å². The van der Waals surface area contributed by atoms with Crippen LogP contribution in [-0.4, -0.2) is 15.0 Å². The van der Waals surface area contributed by atoms with Crippen molar-refractivity contribution in [3.63, 3.8) is 0 Å². The minimum Gasteiger partial charge on any atom is -0.242 e. The highest BCUT2D eigenvalue weighted by atomic mass is 32.2. The van der Waals surface area contributed by atoms with Gasteiger partial charge in [-0.05, 0) is 34.1 Å². The zero-order valence-electron chi connectivity index (χ0n) is 8.81. The van der Waals surface area contributed by atoms with E-state index in [1.165, 1.54) is 0 Å². The second-order valence-electron chi connectivity index (χ2n) is 4.19. The van der Waals surface area contributed by atoms with Crippen molar-refractivity contribution >= 4 is 11.0 Å². The number of rotatable bonds is 4. The minimum absolute atomic E-state index is 0.151. The van der Waals surface area contributed by atoms with Crippen LogP contribution in [0.15, 0.2) is 0 Å². The van der Waals surface area contributed by atoms with E-state index in [1.807, 2.05) is 20.8 Å². The van der Waals surface area contributed by atoms with Crippen molar-refractivity contribution in [2.45, 2.75) is 58.2 Å². The Hall–Kier alpha value is 0.110. The molecule has 0 aliphatic rings. The lowest BCUT2D eigenvalue weighted by molar-refractivity contribution is 0.576. The van der Waals surface area contributed by atoms with E-state index in [9.17, 15) is 4.21 Å². The number of nitrogens with one attached hydrogen (secondary N) is 1. The highest BCUT2D eigenvalue weighted by molar-refractivity contribution is 7.84. The van der Waals surface area contributed by atoms with Crippen LogP contribution in [0.1, 0.15) is 47.5 Å². The quantitative estimate of drug-likeness (QED) is 0.725. The maximum atomic E-state index is 11.5. The molecule has 0 fully saturated rings. The van der Waals surface area contributed by atoms with Crippen molar-refractivity contribution < 1.29 is 4.21 Å². The van der Waals surface area contributed by atoms with Crippen LogP contribution in [0, 0.1) is 0 Å². The molecule has 3 heteroatoms. The van der Waals surface area contributed by atoms with Crippen LogP contribution in [-0.2, 0) is 11.0 Å². The Morgan fingerprint density at radius 2 is 1.92 bits per heavy atom. The number of hydrogen-bond donors (Lipinski definition) is 1. The van der Waals surface area contributed by atoms with Crippen LogP contribution in [0.4, 0.5) is 0 Å². The first-order valence-electron chi connectivity index (χ1n) is 4.56. The fourth-order valence-corrected chi connectivity index (χ4v) is 1.69. The van der Waals surface area contributed by atoms with E-state index < -0.39 is 11.0 Å². The third kappa shape index (κ3) is 4.88. The lowest BCUT2D eigenvalue weighted by Gasteiger charge is -2.21. The monoisotopic (exact) mass is 191 g/mol. The standard InChI is InChI=1S/C9H21NOS/c1-6-7-8(2)10-12(11)9(3,4)5/h8,10H,6-7H2,1-5H3/t8-,12-/m1/s1. The van der Waals surface area contributed by atoms with Gasteiger partial charge in [-0.15, -0.1) is 0 Å². The Kier molecular flexibility index (Phi) is 5.02. The molecule has 12 heavy (non-hydrogen) atoms. The zero-order chi connectivity index (χ0) is 9.78. The van der Waals surface area contributed by atoms with Crippen molar-refractivity contribution in [3.8, 4) is 0 Å². The topological polar surface area (TPSA) is 29.1 Å². The molecular formula is C9H21NOS. The molecule has 0 saturated heterocycles. The van der Waals surface area contributed by atoms with Crippen LogP contribution in [0.25, 0.3) is 0 Å². The summed E-state index contributed by atoms with van der Waals surface area (Å²) in [6.07, 6.45) is 2.22. The minimum atomic E-state index is -0.919. The first-order chi connectivity index (χ1) is 5.38. The van der Waals surface area contributed by atoms with Gasteiger partial charge in [-0.1, -0.05) is 13.3 Å². The molecule has 0 rings (SSSR count). The van der Waals surface area contributed by atoms with E-state index in [2.05, 4.69) is 18.6 Å². The molecular weight excluding hydrogens is 170 g/mol. The average Bonchev–Trinajstić information content (AvgIpc) is 1.85. The summed E-state index contributed by atoms with van der Waals surface area (Å²) in [5, 5.41) is 0. The largest absolute Gasteiger partial charge is 0.242 e. The molecule has 1 N–H and O–H groups in total. The Bertz CT molecular complexity index is 151. The molecule has 0 aromatic rings. The highest BCUT2D eigenvalue weighted by Gasteiger charge is 2.20. The predicted octanol–water partition coefficient (Wildman–Crippen LogP) is 2.23. The zero-order valence-corrected chi connectivity index (χ0v) is 9.62. The van der Waals surface area contributed by atoms with Gasteiger partial charge in [-0.3, -0.25) is 0 Å². The second kappa shape index (κ2) is 4.97. The van der Waals surface area contributed by atoms with E-state index in [0.29, 0.717) is 6.04 Å². The first-order valence-corrected chi connectivity index (χ1v) is 5.71. The van der Waals surface area contributed by atoms with Crippen LogP contribution >= 0.6 is 0 Å². The summed E-state index contributed by atoms with van der Waals surface area (Å²) in [6, 6.07) is 0.357.